The highest BCUT2D eigenvalue weighted by Gasteiger charge is 2.65. The van der Waals surface area contributed by atoms with E-state index in [1.807, 2.05) is 6.08 Å². The molecule has 0 amide bonds. The van der Waals surface area contributed by atoms with Crippen LogP contribution in [-0.4, -0.2) is 36.7 Å². The summed E-state index contributed by atoms with van der Waals surface area (Å²) in [6.45, 7) is 12.6. The lowest BCUT2D eigenvalue weighted by molar-refractivity contribution is -0.197. The lowest BCUT2D eigenvalue weighted by atomic mass is 9.43. The Morgan fingerprint density at radius 1 is 0.925 bits per heavy atom. The minimum atomic E-state index is -0.308. The van der Waals surface area contributed by atoms with E-state index in [1.165, 1.54) is 38.7 Å². The summed E-state index contributed by atoms with van der Waals surface area (Å²) in [7, 11) is 0. The van der Waals surface area contributed by atoms with E-state index < -0.39 is 0 Å². The number of esters is 3. The van der Waals surface area contributed by atoms with Crippen molar-refractivity contribution in [2.24, 2.45) is 46.3 Å². The molecule has 4 aliphatic rings. The van der Waals surface area contributed by atoms with Crippen LogP contribution in [0.3, 0.4) is 0 Å². The van der Waals surface area contributed by atoms with Crippen molar-refractivity contribution in [2.45, 2.75) is 118 Å². The van der Waals surface area contributed by atoms with Crippen LogP contribution in [0.1, 0.15) is 106 Å². The average molecular weight is 557 g/mol. The summed E-state index contributed by atoms with van der Waals surface area (Å²) in [5, 5.41) is 0. The number of hydrogen-bond acceptors (Lipinski definition) is 6. The number of hydrogen-bond donors (Lipinski definition) is 0. The van der Waals surface area contributed by atoms with Crippen LogP contribution >= 0.6 is 0 Å². The maximum Gasteiger partial charge on any atom is 0.330 e. The quantitative estimate of drug-likeness (QED) is 0.129. The molecular formula is C34H52O6. The van der Waals surface area contributed by atoms with Crippen molar-refractivity contribution in [3.05, 3.63) is 24.3 Å². The topological polar surface area (TPSA) is 78.9 Å². The first-order valence-corrected chi connectivity index (χ1v) is 15.8. The van der Waals surface area contributed by atoms with Gasteiger partial charge in [-0.25, -0.2) is 4.79 Å². The second-order valence-corrected chi connectivity index (χ2v) is 13.6. The molecule has 0 N–H and O–H groups in total. The number of carbonyl (C=O) groups is 3. The third-order valence-corrected chi connectivity index (χ3v) is 11.6. The van der Waals surface area contributed by atoms with E-state index in [2.05, 4.69) is 26.8 Å². The van der Waals surface area contributed by atoms with Crippen LogP contribution in [0.5, 0.6) is 0 Å². The van der Waals surface area contributed by atoms with Gasteiger partial charge in [-0.05, 0) is 112 Å². The number of allylic oxidation sites excluding steroid dienone is 3. The molecule has 0 heterocycles. The van der Waals surface area contributed by atoms with E-state index in [9.17, 15) is 14.4 Å². The molecule has 40 heavy (non-hydrogen) atoms. The van der Waals surface area contributed by atoms with Gasteiger partial charge >= 0.3 is 17.9 Å². The molecule has 10 atom stereocenters. The van der Waals surface area contributed by atoms with Gasteiger partial charge in [0.2, 0.25) is 0 Å². The predicted molar refractivity (Wildman–Crippen MR) is 155 cm³/mol. The molecule has 4 saturated carbocycles. The first kappa shape index (κ1) is 30.8. The van der Waals surface area contributed by atoms with Crippen LogP contribution in [0.4, 0.5) is 0 Å². The Balaban J connectivity index is 1.47. The van der Waals surface area contributed by atoms with E-state index in [0.717, 1.165) is 38.5 Å². The molecule has 0 bridgehead atoms. The van der Waals surface area contributed by atoms with Crippen molar-refractivity contribution >= 4 is 17.9 Å². The molecule has 0 saturated heterocycles. The van der Waals surface area contributed by atoms with Crippen LogP contribution < -0.4 is 0 Å². The Bertz CT molecular complexity index is 985. The molecule has 0 aliphatic heterocycles. The molecular weight excluding hydrogens is 504 g/mol. The van der Waals surface area contributed by atoms with Crippen molar-refractivity contribution in [1.82, 2.24) is 0 Å². The number of ether oxygens (including phenoxy) is 3. The Morgan fingerprint density at radius 2 is 1.68 bits per heavy atom. The highest BCUT2D eigenvalue weighted by atomic mass is 16.5. The number of rotatable bonds is 9. The van der Waals surface area contributed by atoms with Gasteiger partial charge in [0.25, 0.3) is 0 Å². The van der Waals surface area contributed by atoms with Gasteiger partial charge in [-0.15, -0.1) is 0 Å². The molecule has 1 unspecified atom stereocenters. The van der Waals surface area contributed by atoms with Gasteiger partial charge < -0.3 is 14.2 Å². The summed E-state index contributed by atoms with van der Waals surface area (Å²) in [6.07, 6.45) is 18.2. The summed E-state index contributed by atoms with van der Waals surface area (Å²) in [5.41, 5.74) is 0.211. The Kier molecular flexibility index (Phi) is 9.88. The van der Waals surface area contributed by atoms with Crippen molar-refractivity contribution in [2.75, 3.05) is 6.61 Å². The first-order chi connectivity index (χ1) is 19.0. The summed E-state index contributed by atoms with van der Waals surface area (Å²) in [6, 6.07) is 0. The summed E-state index contributed by atoms with van der Waals surface area (Å²) < 4.78 is 16.8. The first-order valence-electron chi connectivity index (χ1n) is 15.8. The fourth-order valence-corrected chi connectivity index (χ4v) is 9.89. The highest BCUT2D eigenvalue weighted by molar-refractivity contribution is 5.82. The van der Waals surface area contributed by atoms with Crippen molar-refractivity contribution < 1.29 is 28.6 Å². The molecule has 224 valence electrons. The third kappa shape index (κ3) is 6.21. The molecule has 0 aromatic rings. The second kappa shape index (κ2) is 12.8. The van der Waals surface area contributed by atoms with Gasteiger partial charge in [0, 0.05) is 25.3 Å². The van der Waals surface area contributed by atoms with Crippen LogP contribution in [0.2, 0.25) is 0 Å². The Hall–Kier alpha value is -2.11. The highest BCUT2D eigenvalue weighted by Crippen LogP contribution is 2.69. The third-order valence-electron chi connectivity index (χ3n) is 11.6. The fraction of sp³-hybridized carbons (Fsp3) is 0.794. The maximum absolute atomic E-state index is 12.4. The average Bonchev–Trinajstić information content (AvgIpc) is 3.25. The van der Waals surface area contributed by atoms with Crippen molar-refractivity contribution in [3.63, 3.8) is 0 Å². The predicted octanol–water partition coefficient (Wildman–Crippen LogP) is 7.21. The summed E-state index contributed by atoms with van der Waals surface area (Å²) in [4.78, 5) is 35.6. The van der Waals surface area contributed by atoms with Crippen LogP contribution in [0.25, 0.3) is 0 Å². The second-order valence-electron chi connectivity index (χ2n) is 13.6. The van der Waals surface area contributed by atoms with Gasteiger partial charge in [0.15, 0.2) is 0 Å². The van der Waals surface area contributed by atoms with Crippen molar-refractivity contribution in [1.29, 1.82) is 0 Å². The smallest absolute Gasteiger partial charge is 0.330 e. The zero-order valence-corrected chi connectivity index (χ0v) is 25.7. The van der Waals surface area contributed by atoms with Crippen LogP contribution in [-0.2, 0) is 28.6 Å². The number of fused-ring (bicyclic) bond motifs is 5. The molecule has 4 rings (SSSR count). The van der Waals surface area contributed by atoms with Crippen LogP contribution in [0, 0.1) is 46.3 Å². The van der Waals surface area contributed by atoms with E-state index >= 15 is 0 Å². The Morgan fingerprint density at radius 3 is 2.38 bits per heavy atom. The maximum atomic E-state index is 12.4. The monoisotopic (exact) mass is 556 g/mol. The summed E-state index contributed by atoms with van der Waals surface area (Å²) >= 11 is 0. The zero-order chi connectivity index (χ0) is 29.1. The molecule has 4 fully saturated rings. The van der Waals surface area contributed by atoms with E-state index in [0.29, 0.717) is 42.1 Å². The van der Waals surface area contributed by atoms with Gasteiger partial charge in [-0.3, -0.25) is 9.59 Å². The van der Waals surface area contributed by atoms with E-state index in [1.54, 1.807) is 19.9 Å². The Labute approximate surface area is 241 Å². The van der Waals surface area contributed by atoms with E-state index in [4.69, 9.17) is 14.2 Å². The molecule has 0 aromatic heterocycles. The lowest BCUT2D eigenvalue weighted by Gasteiger charge is -2.62. The van der Waals surface area contributed by atoms with Gasteiger partial charge in [-0.2, -0.15) is 0 Å². The zero-order valence-electron chi connectivity index (χ0n) is 25.7. The van der Waals surface area contributed by atoms with Gasteiger partial charge in [0.05, 0.1) is 6.61 Å². The SMILES string of the molecule is CCOC(=O)/C=C/C=C/CCC(C)[C@H]1CC[C@H]2[C@@H]3CC[C@@H]4C[C@H](OC(C)=O)CC[C@]4(C)[C@H]3C[C@H](OC(C)=O)[C@]12C. The molecule has 6 heteroatoms. The largest absolute Gasteiger partial charge is 0.463 e. The van der Waals surface area contributed by atoms with Gasteiger partial charge in [-0.1, -0.05) is 39.0 Å². The minimum absolute atomic E-state index is 0.00206. The fourth-order valence-electron chi connectivity index (χ4n) is 9.89. The molecule has 6 nitrogen and oxygen atoms in total. The van der Waals surface area contributed by atoms with Crippen LogP contribution in [0.15, 0.2) is 24.3 Å². The standard InChI is InChI=1S/C34H52O6/c1-7-38-32(37)13-11-9-8-10-12-22(2)28-16-17-29-27-15-14-25-20-26(39-23(3)35)18-19-33(25,5)30(27)21-31(34(28,29)6)40-24(4)36/h8-9,11,13,22,25-31H,7,10,12,14-21H2,1-6H3/b9-8+,13-11+/t22?,25-,26-,27+,28-,29+,30+,31+,33+,34-/m1/s1. The normalized spacial score (nSPS) is 39.7. The van der Waals surface area contributed by atoms with E-state index in [-0.39, 0.29) is 40.9 Å². The molecule has 0 spiro atoms. The van der Waals surface area contributed by atoms with Crippen molar-refractivity contribution in [3.8, 4) is 0 Å². The molecule has 0 aromatic carbocycles. The van der Waals surface area contributed by atoms with Gasteiger partial charge in [0.1, 0.15) is 12.2 Å². The molecule has 0 radical (unpaired) electrons. The lowest BCUT2D eigenvalue weighted by Crippen LogP contribution is -2.59. The summed E-state index contributed by atoms with van der Waals surface area (Å²) in [5.74, 6) is 2.78. The number of carbonyl (C=O) groups excluding carboxylic acids is 3. The molecule has 4 aliphatic carbocycles. The minimum Gasteiger partial charge on any atom is -0.463 e.